The van der Waals surface area contributed by atoms with Crippen LogP contribution in [0.15, 0.2) is 0 Å². The molecule has 0 bridgehead atoms. The SMILES string of the molecule is O=[PH](OCCCl)OCCCl.O=[PH](OCCCl)OCCCl. The lowest BCUT2D eigenvalue weighted by Gasteiger charge is -2.00. The molecule has 0 heterocycles. The van der Waals surface area contributed by atoms with Crippen molar-refractivity contribution in [2.24, 2.45) is 0 Å². The number of rotatable bonds is 12. The molecule has 0 aromatic rings. The van der Waals surface area contributed by atoms with Gasteiger partial charge in [-0.05, 0) is 0 Å². The highest BCUT2D eigenvalue weighted by Gasteiger charge is 1.97. The average Bonchev–Trinajstić information content (AvgIpc) is 2.47. The Hall–Kier alpha value is 1.46. The number of hydrogen-bond donors (Lipinski definition) is 0. The zero-order valence-electron chi connectivity index (χ0n) is 10.6. The van der Waals surface area contributed by atoms with Gasteiger partial charge in [0.15, 0.2) is 0 Å². The van der Waals surface area contributed by atoms with Crippen molar-refractivity contribution in [3.05, 3.63) is 0 Å². The van der Waals surface area contributed by atoms with Crippen molar-refractivity contribution in [2.45, 2.75) is 0 Å². The van der Waals surface area contributed by atoms with E-state index in [1.54, 1.807) is 0 Å². The second kappa shape index (κ2) is 20.5. The quantitative estimate of drug-likeness (QED) is 0.358. The van der Waals surface area contributed by atoms with E-state index in [1.165, 1.54) is 0 Å². The summed E-state index contributed by atoms with van der Waals surface area (Å²) in [5.41, 5.74) is 0. The average molecular weight is 414 g/mol. The predicted molar refractivity (Wildman–Crippen MR) is 84.7 cm³/mol. The summed E-state index contributed by atoms with van der Waals surface area (Å²) in [5.74, 6) is 1.28. The summed E-state index contributed by atoms with van der Waals surface area (Å²) >= 11 is 21.0. The molecule has 0 amide bonds. The maximum absolute atomic E-state index is 10.6. The van der Waals surface area contributed by atoms with Crippen LogP contribution in [-0.2, 0) is 27.2 Å². The molecule has 0 aliphatic heterocycles. The third kappa shape index (κ3) is 21.8. The van der Waals surface area contributed by atoms with Crippen LogP contribution in [0.5, 0.6) is 0 Å². The van der Waals surface area contributed by atoms with Gasteiger partial charge < -0.3 is 18.1 Å². The molecule has 0 spiro atoms. The lowest BCUT2D eigenvalue weighted by atomic mass is 10.9. The Morgan fingerprint density at radius 3 is 0.900 bits per heavy atom. The van der Waals surface area contributed by atoms with Crippen LogP contribution < -0.4 is 0 Å². The first-order chi connectivity index (χ1) is 9.62. The molecule has 0 aliphatic rings. The largest absolute Gasteiger partial charge is 0.319 e. The minimum Gasteiger partial charge on any atom is -0.309 e. The molecular formula is C8H18Cl4O6P2. The molecule has 6 nitrogen and oxygen atoms in total. The molecule has 0 radical (unpaired) electrons. The van der Waals surface area contributed by atoms with E-state index < -0.39 is 16.5 Å². The van der Waals surface area contributed by atoms with Crippen LogP contribution in [0.3, 0.4) is 0 Å². The summed E-state index contributed by atoms with van der Waals surface area (Å²) in [6, 6.07) is 0. The molecule has 0 unspecified atom stereocenters. The molecule has 0 fully saturated rings. The fraction of sp³-hybridized carbons (Fsp3) is 1.00. The van der Waals surface area contributed by atoms with Gasteiger partial charge in [-0.15, -0.1) is 46.4 Å². The highest BCUT2D eigenvalue weighted by atomic mass is 35.5. The van der Waals surface area contributed by atoms with E-state index in [0.717, 1.165) is 0 Å². The number of hydrogen-bond acceptors (Lipinski definition) is 6. The standard InChI is InChI=1S/2C4H9Cl2O3P/c2*5-1-3-8-10(7)9-4-2-6/h2*10H,1-4H2. The van der Waals surface area contributed by atoms with Gasteiger partial charge in [0.05, 0.1) is 26.4 Å². The Labute approximate surface area is 140 Å². The van der Waals surface area contributed by atoms with Crippen LogP contribution in [0.25, 0.3) is 0 Å². The minimum absolute atomic E-state index is 0.252. The second-order valence-electron chi connectivity index (χ2n) is 2.65. The summed E-state index contributed by atoms with van der Waals surface area (Å²) in [6.07, 6.45) is 0. The van der Waals surface area contributed by atoms with E-state index in [9.17, 15) is 9.13 Å². The van der Waals surface area contributed by atoms with Crippen LogP contribution >= 0.6 is 62.9 Å². The summed E-state index contributed by atoms with van der Waals surface area (Å²) in [7, 11) is -4.67. The Balaban J connectivity index is 0. The molecule has 0 rings (SSSR count). The summed E-state index contributed by atoms with van der Waals surface area (Å²) in [5, 5.41) is 0. The molecule has 0 aromatic carbocycles. The van der Waals surface area contributed by atoms with Gasteiger partial charge in [-0.2, -0.15) is 0 Å². The third-order valence-corrected chi connectivity index (χ3v) is 3.56. The normalized spacial score (nSPS) is 10.7. The van der Waals surface area contributed by atoms with Crippen LogP contribution in [0.2, 0.25) is 0 Å². The van der Waals surface area contributed by atoms with Crippen molar-refractivity contribution in [2.75, 3.05) is 49.9 Å². The molecule has 12 heteroatoms. The number of alkyl halides is 4. The molecule has 0 atom stereocenters. The molecule has 20 heavy (non-hydrogen) atoms. The van der Waals surface area contributed by atoms with Gasteiger partial charge in [0.2, 0.25) is 0 Å². The van der Waals surface area contributed by atoms with Gasteiger partial charge in [-0.1, -0.05) is 0 Å². The zero-order valence-corrected chi connectivity index (χ0v) is 15.6. The lowest BCUT2D eigenvalue weighted by molar-refractivity contribution is 0.244. The fourth-order valence-electron chi connectivity index (χ4n) is 0.571. The Morgan fingerprint density at radius 1 is 0.550 bits per heavy atom. The molecule has 0 aliphatic carbocycles. The minimum atomic E-state index is -2.33. The van der Waals surface area contributed by atoms with E-state index in [0.29, 0.717) is 23.5 Å². The first kappa shape index (κ1) is 23.7. The zero-order chi connectivity index (χ0) is 15.6. The third-order valence-electron chi connectivity index (χ3n) is 1.19. The van der Waals surface area contributed by atoms with Crippen molar-refractivity contribution in [1.29, 1.82) is 0 Å². The van der Waals surface area contributed by atoms with Crippen molar-refractivity contribution < 1.29 is 27.2 Å². The molecule has 124 valence electrons. The Morgan fingerprint density at radius 2 is 0.750 bits per heavy atom. The van der Waals surface area contributed by atoms with E-state index in [-0.39, 0.29) is 26.4 Å². The van der Waals surface area contributed by atoms with Gasteiger partial charge >= 0.3 is 16.5 Å². The topological polar surface area (TPSA) is 71.1 Å². The predicted octanol–water partition coefficient (Wildman–Crippen LogP) is 3.77. The first-order valence-electron chi connectivity index (χ1n) is 5.45. The fourth-order valence-corrected chi connectivity index (χ4v) is 2.64. The van der Waals surface area contributed by atoms with Gasteiger partial charge in [-0.3, -0.25) is 9.13 Å². The van der Waals surface area contributed by atoms with E-state index >= 15 is 0 Å². The molecular weight excluding hydrogens is 396 g/mol. The highest BCUT2D eigenvalue weighted by molar-refractivity contribution is 7.33. The van der Waals surface area contributed by atoms with Crippen molar-refractivity contribution in [3.8, 4) is 0 Å². The lowest BCUT2D eigenvalue weighted by Crippen LogP contribution is -1.91. The van der Waals surface area contributed by atoms with E-state index in [4.69, 9.17) is 46.4 Å². The Kier molecular flexibility index (Phi) is 24.3. The monoisotopic (exact) mass is 412 g/mol. The van der Waals surface area contributed by atoms with Crippen LogP contribution in [0, 0.1) is 0 Å². The van der Waals surface area contributed by atoms with Crippen LogP contribution in [0.4, 0.5) is 0 Å². The Bertz CT molecular complexity index is 205. The summed E-state index contributed by atoms with van der Waals surface area (Å²) < 4.78 is 39.7. The number of halogens is 4. The smallest absolute Gasteiger partial charge is 0.309 e. The highest BCUT2D eigenvalue weighted by Crippen LogP contribution is 2.23. The van der Waals surface area contributed by atoms with E-state index in [1.807, 2.05) is 0 Å². The maximum Gasteiger partial charge on any atom is 0.319 e. The second-order valence-corrected chi connectivity index (χ2v) is 6.32. The van der Waals surface area contributed by atoms with Crippen molar-refractivity contribution in [3.63, 3.8) is 0 Å². The van der Waals surface area contributed by atoms with Crippen LogP contribution in [-0.4, -0.2) is 49.9 Å². The first-order valence-corrected chi connectivity index (χ1v) is 10.0. The molecule has 0 aromatic heterocycles. The molecule has 0 saturated heterocycles. The maximum atomic E-state index is 10.6. The molecule has 0 saturated carbocycles. The van der Waals surface area contributed by atoms with Gasteiger partial charge in [0, 0.05) is 23.5 Å². The van der Waals surface area contributed by atoms with Crippen molar-refractivity contribution >= 4 is 62.9 Å². The van der Waals surface area contributed by atoms with Crippen LogP contribution in [0.1, 0.15) is 0 Å². The van der Waals surface area contributed by atoms with E-state index in [2.05, 4.69) is 18.1 Å². The summed E-state index contributed by atoms with van der Waals surface area (Å²) in [4.78, 5) is 0. The molecule has 0 N–H and O–H groups in total. The van der Waals surface area contributed by atoms with Crippen molar-refractivity contribution in [1.82, 2.24) is 0 Å². The van der Waals surface area contributed by atoms with Gasteiger partial charge in [0.1, 0.15) is 0 Å². The summed E-state index contributed by atoms with van der Waals surface area (Å²) in [6.45, 7) is 1.01. The van der Waals surface area contributed by atoms with Gasteiger partial charge in [0.25, 0.3) is 0 Å². The van der Waals surface area contributed by atoms with Gasteiger partial charge in [-0.25, -0.2) is 0 Å².